The van der Waals surface area contributed by atoms with Gasteiger partial charge in [0.2, 0.25) is 0 Å². The van der Waals surface area contributed by atoms with Crippen molar-refractivity contribution in [2.24, 2.45) is 5.92 Å². The van der Waals surface area contributed by atoms with E-state index in [4.69, 9.17) is 15.2 Å². The highest BCUT2D eigenvalue weighted by atomic mass is 16.5. The van der Waals surface area contributed by atoms with Crippen molar-refractivity contribution in [2.75, 3.05) is 12.3 Å². The van der Waals surface area contributed by atoms with Crippen molar-refractivity contribution in [3.63, 3.8) is 0 Å². The van der Waals surface area contributed by atoms with Gasteiger partial charge in [-0.25, -0.2) is 0 Å². The highest BCUT2D eigenvalue weighted by Crippen LogP contribution is 2.24. The van der Waals surface area contributed by atoms with E-state index in [1.165, 1.54) is 0 Å². The zero-order chi connectivity index (χ0) is 18.4. The van der Waals surface area contributed by atoms with E-state index in [1.54, 1.807) is 0 Å². The third-order valence-electron chi connectivity index (χ3n) is 4.05. The molecule has 1 heterocycles. The molecule has 5 heteroatoms. The van der Waals surface area contributed by atoms with Gasteiger partial charge in [0.05, 0.1) is 23.7 Å². The third-order valence-corrected chi connectivity index (χ3v) is 4.05. The van der Waals surface area contributed by atoms with Gasteiger partial charge in [0.15, 0.2) is 0 Å². The largest absolute Gasteiger partial charge is 0.494 e. The van der Waals surface area contributed by atoms with Gasteiger partial charge in [-0.2, -0.15) is 5.10 Å². The van der Waals surface area contributed by atoms with Gasteiger partial charge in [-0.15, -0.1) is 0 Å². The highest BCUT2D eigenvalue weighted by Gasteiger charge is 2.06. The van der Waals surface area contributed by atoms with Gasteiger partial charge in [-0.1, -0.05) is 26.0 Å². The van der Waals surface area contributed by atoms with Crippen LogP contribution >= 0.6 is 0 Å². The quantitative estimate of drug-likeness (QED) is 0.579. The fourth-order valence-corrected chi connectivity index (χ4v) is 2.49. The molecule has 0 saturated carbocycles. The number of nitrogens with zero attached hydrogens (tertiary/aromatic N) is 1. The molecule has 2 aromatic carbocycles. The predicted octanol–water partition coefficient (Wildman–Crippen LogP) is 4.66. The Labute approximate surface area is 154 Å². The van der Waals surface area contributed by atoms with E-state index in [0.29, 0.717) is 24.0 Å². The number of hydrogen-bond donors (Lipinski definition) is 2. The molecule has 26 heavy (non-hydrogen) atoms. The molecule has 5 nitrogen and oxygen atoms in total. The Morgan fingerprint density at radius 1 is 1.04 bits per heavy atom. The number of H-pyrrole nitrogens is 1. The molecule has 136 valence electrons. The summed E-state index contributed by atoms with van der Waals surface area (Å²) in [6.45, 7) is 5.51. The summed E-state index contributed by atoms with van der Waals surface area (Å²) in [5.41, 5.74) is 9.30. The second-order valence-corrected chi connectivity index (χ2v) is 6.66. The maximum atomic E-state index is 5.88. The summed E-state index contributed by atoms with van der Waals surface area (Å²) in [6, 6.07) is 17.4. The summed E-state index contributed by atoms with van der Waals surface area (Å²) >= 11 is 0. The summed E-state index contributed by atoms with van der Waals surface area (Å²) < 4.78 is 11.5. The second-order valence-electron chi connectivity index (χ2n) is 6.66. The maximum absolute atomic E-state index is 5.88. The second kappa shape index (κ2) is 8.43. The molecular weight excluding hydrogens is 326 g/mol. The SMILES string of the molecule is CC(C)CCOc1ccc(-c2cc(COc3ccccc3N)[nH]n2)cc1. The minimum absolute atomic E-state index is 0.387. The molecule has 3 aromatic rings. The predicted molar refractivity (Wildman–Crippen MR) is 104 cm³/mol. The summed E-state index contributed by atoms with van der Waals surface area (Å²) in [4.78, 5) is 0. The monoisotopic (exact) mass is 351 g/mol. The number of nitrogen functional groups attached to an aromatic ring is 1. The average molecular weight is 351 g/mol. The first-order chi connectivity index (χ1) is 12.6. The number of aromatic amines is 1. The summed E-state index contributed by atoms with van der Waals surface area (Å²) in [7, 11) is 0. The van der Waals surface area contributed by atoms with Crippen molar-refractivity contribution in [3.8, 4) is 22.8 Å². The van der Waals surface area contributed by atoms with Crippen LogP contribution in [0.3, 0.4) is 0 Å². The summed E-state index contributed by atoms with van der Waals surface area (Å²) in [6.07, 6.45) is 1.05. The molecule has 0 bridgehead atoms. The normalized spacial score (nSPS) is 10.9. The molecule has 0 amide bonds. The average Bonchev–Trinajstić information content (AvgIpc) is 3.10. The number of rotatable bonds is 8. The first-order valence-corrected chi connectivity index (χ1v) is 8.86. The third kappa shape index (κ3) is 4.79. The first-order valence-electron chi connectivity index (χ1n) is 8.86. The van der Waals surface area contributed by atoms with Gasteiger partial charge in [0.1, 0.15) is 18.1 Å². The number of ether oxygens (including phenoxy) is 2. The van der Waals surface area contributed by atoms with E-state index < -0.39 is 0 Å². The number of anilines is 1. The molecule has 0 spiro atoms. The summed E-state index contributed by atoms with van der Waals surface area (Å²) in [5.74, 6) is 2.20. The van der Waals surface area contributed by atoms with Crippen molar-refractivity contribution in [1.82, 2.24) is 10.2 Å². The summed E-state index contributed by atoms with van der Waals surface area (Å²) in [5, 5.41) is 7.37. The molecule has 0 aliphatic rings. The van der Waals surface area contributed by atoms with Crippen LogP contribution < -0.4 is 15.2 Å². The molecule has 3 N–H and O–H groups in total. The van der Waals surface area contributed by atoms with Crippen LogP contribution in [0.1, 0.15) is 26.0 Å². The molecular formula is C21H25N3O2. The zero-order valence-corrected chi connectivity index (χ0v) is 15.2. The Hall–Kier alpha value is -2.95. The minimum atomic E-state index is 0.387. The van der Waals surface area contributed by atoms with Crippen molar-refractivity contribution in [3.05, 3.63) is 60.3 Å². The topological polar surface area (TPSA) is 73.2 Å². The van der Waals surface area contributed by atoms with Crippen LogP contribution in [0.15, 0.2) is 54.6 Å². The van der Waals surface area contributed by atoms with E-state index >= 15 is 0 Å². The molecule has 0 unspecified atom stereocenters. The van der Waals surface area contributed by atoms with E-state index in [0.717, 1.165) is 35.7 Å². The number of aromatic nitrogens is 2. The van der Waals surface area contributed by atoms with Gasteiger partial charge in [-0.05, 0) is 54.8 Å². The van der Waals surface area contributed by atoms with Crippen molar-refractivity contribution >= 4 is 5.69 Å². The number of benzene rings is 2. The Morgan fingerprint density at radius 3 is 2.54 bits per heavy atom. The Bertz CT molecular complexity index is 825. The van der Waals surface area contributed by atoms with Gasteiger partial charge in [0, 0.05) is 5.56 Å². The molecule has 3 rings (SSSR count). The lowest BCUT2D eigenvalue weighted by Gasteiger charge is -2.08. The lowest BCUT2D eigenvalue weighted by Crippen LogP contribution is -2.01. The lowest BCUT2D eigenvalue weighted by molar-refractivity contribution is 0.289. The molecule has 0 atom stereocenters. The molecule has 0 aliphatic carbocycles. The number of nitrogens with two attached hydrogens (primary N) is 1. The fourth-order valence-electron chi connectivity index (χ4n) is 2.49. The molecule has 0 radical (unpaired) electrons. The minimum Gasteiger partial charge on any atom is -0.494 e. The van der Waals surface area contributed by atoms with E-state index in [2.05, 4.69) is 24.0 Å². The maximum Gasteiger partial charge on any atom is 0.142 e. The van der Waals surface area contributed by atoms with Gasteiger partial charge < -0.3 is 15.2 Å². The fraction of sp³-hybridized carbons (Fsp3) is 0.286. The van der Waals surface area contributed by atoms with Crippen molar-refractivity contribution in [1.29, 1.82) is 0 Å². The van der Waals surface area contributed by atoms with Crippen LogP contribution in [-0.4, -0.2) is 16.8 Å². The first kappa shape index (κ1) is 17.9. The Kier molecular flexibility index (Phi) is 5.79. The van der Waals surface area contributed by atoms with Crippen molar-refractivity contribution < 1.29 is 9.47 Å². The van der Waals surface area contributed by atoms with Gasteiger partial charge >= 0.3 is 0 Å². The van der Waals surface area contributed by atoms with Crippen LogP contribution in [0.25, 0.3) is 11.3 Å². The lowest BCUT2D eigenvalue weighted by atomic mass is 10.1. The molecule has 0 fully saturated rings. The van der Waals surface area contributed by atoms with Crippen LogP contribution in [0.5, 0.6) is 11.5 Å². The van der Waals surface area contributed by atoms with Crippen LogP contribution in [0, 0.1) is 5.92 Å². The van der Waals surface area contributed by atoms with Gasteiger partial charge in [-0.3, -0.25) is 5.10 Å². The Morgan fingerprint density at radius 2 is 1.81 bits per heavy atom. The van der Waals surface area contributed by atoms with E-state index in [1.807, 2.05) is 54.6 Å². The Balaban J connectivity index is 1.58. The smallest absolute Gasteiger partial charge is 0.142 e. The highest BCUT2D eigenvalue weighted by molar-refractivity contribution is 5.60. The number of para-hydroxylation sites is 2. The van der Waals surface area contributed by atoms with E-state index in [-0.39, 0.29) is 0 Å². The number of nitrogens with one attached hydrogen (secondary N) is 1. The van der Waals surface area contributed by atoms with Crippen LogP contribution in [0.4, 0.5) is 5.69 Å². The molecule has 1 aromatic heterocycles. The molecule has 0 saturated heterocycles. The standard InChI is InChI=1S/C21H25N3O2/c1-15(2)11-12-25-18-9-7-16(8-10-18)20-13-17(23-24-20)14-26-21-6-4-3-5-19(21)22/h3-10,13,15H,11-12,14,22H2,1-2H3,(H,23,24). The van der Waals surface area contributed by atoms with Crippen molar-refractivity contribution in [2.45, 2.75) is 26.9 Å². The molecule has 0 aliphatic heterocycles. The number of hydrogen-bond acceptors (Lipinski definition) is 4. The van der Waals surface area contributed by atoms with E-state index in [9.17, 15) is 0 Å². The zero-order valence-electron chi connectivity index (χ0n) is 15.2. The van der Waals surface area contributed by atoms with Crippen LogP contribution in [-0.2, 0) is 6.61 Å². The van der Waals surface area contributed by atoms with Gasteiger partial charge in [0.25, 0.3) is 0 Å². The van der Waals surface area contributed by atoms with Crippen LogP contribution in [0.2, 0.25) is 0 Å².